The molecule has 0 fully saturated rings. The average Bonchev–Trinajstić information content (AvgIpc) is 2.37. The van der Waals surface area contributed by atoms with Crippen LogP contribution >= 0.6 is 15.9 Å². The maximum Gasteiger partial charge on any atom is 0.344 e. The second kappa shape index (κ2) is 7.10. The van der Waals surface area contributed by atoms with Crippen molar-refractivity contribution in [3.63, 3.8) is 0 Å². The first-order chi connectivity index (χ1) is 8.63. The summed E-state index contributed by atoms with van der Waals surface area (Å²) in [5.41, 5.74) is 0. The van der Waals surface area contributed by atoms with Gasteiger partial charge in [0.15, 0.2) is 18.1 Å². The van der Waals surface area contributed by atoms with E-state index in [1.165, 1.54) is 14.2 Å². The Morgan fingerprint density at radius 3 is 2.50 bits per heavy atom. The molecule has 100 valence electrons. The Bertz CT molecular complexity index is 419. The first kappa shape index (κ1) is 14.6. The molecular weight excluding hydrogens is 304 g/mol. The van der Waals surface area contributed by atoms with E-state index in [4.69, 9.17) is 18.9 Å². The van der Waals surface area contributed by atoms with Crippen LogP contribution in [0.1, 0.15) is 6.92 Å². The van der Waals surface area contributed by atoms with Gasteiger partial charge in [-0.2, -0.15) is 0 Å². The Labute approximate surface area is 114 Å². The highest BCUT2D eigenvalue weighted by Gasteiger charge is 2.16. The van der Waals surface area contributed by atoms with Crippen LogP contribution in [-0.2, 0) is 9.53 Å². The number of halogens is 1. The van der Waals surface area contributed by atoms with Crippen LogP contribution in [0.3, 0.4) is 0 Å². The van der Waals surface area contributed by atoms with Gasteiger partial charge in [0.05, 0.1) is 25.3 Å². The lowest BCUT2D eigenvalue weighted by Crippen LogP contribution is -2.15. The number of ether oxygens (including phenoxy) is 4. The smallest absolute Gasteiger partial charge is 0.344 e. The molecule has 1 aromatic rings. The zero-order valence-corrected chi connectivity index (χ0v) is 12.1. The molecular formula is C12H15BrO5. The van der Waals surface area contributed by atoms with Crippen molar-refractivity contribution < 1.29 is 23.7 Å². The van der Waals surface area contributed by atoms with Crippen molar-refractivity contribution in [3.8, 4) is 17.2 Å². The van der Waals surface area contributed by atoms with E-state index in [9.17, 15) is 4.79 Å². The molecule has 0 atom stereocenters. The molecule has 0 saturated heterocycles. The van der Waals surface area contributed by atoms with Crippen molar-refractivity contribution in [2.75, 3.05) is 27.4 Å². The highest BCUT2D eigenvalue weighted by atomic mass is 79.9. The van der Waals surface area contributed by atoms with Crippen molar-refractivity contribution in [1.29, 1.82) is 0 Å². The summed E-state index contributed by atoms with van der Waals surface area (Å²) in [5, 5.41) is 0. The highest BCUT2D eigenvalue weighted by Crippen LogP contribution is 2.42. The maximum absolute atomic E-state index is 11.2. The molecule has 6 heteroatoms. The van der Waals surface area contributed by atoms with Gasteiger partial charge in [-0.25, -0.2) is 4.79 Å². The molecule has 0 unspecified atom stereocenters. The Balaban J connectivity index is 2.89. The zero-order chi connectivity index (χ0) is 13.5. The Hall–Kier alpha value is -1.43. The van der Waals surface area contributed by atoms with Gasteiger partial charge in [0.1, 0.15) is 0 Å². The standard InChI is InChI=1S/C12H15BrO5/c1-4-17-10(14)7-18-11-8(13)5-6-9(15-2)12(11)16-3/h5-6H,4,7H2,1-3H3. The van der Waals surface area contributed by atoms with E-state index < -0.39 is 5.97 Å². The minimum absolute atomic E-state index is 0.185. The number of benzene rings is 1. The first-order valence-electron chi connectivity index (χ1n) is 5.32. The van der Waals surface area contributed by atoms with Crippen LogP contribution in [0.5, 0.6) is 17.2 Å². The molecule has 0 N–H and O–H groups in total. The summed E-state index contributed by atoms with van der Waals surface area (Å²) in [6, 6.07) is 3.49. The van der Waals surface area contributed by atoms with Crippen LogP contribution in [0.2, 0.25) is 0 Å². The van der Waals surface area contributed by atoms with Gasteiger partial charge >= 0.3 is 5.97 Å². The Kier molecular flexibility index (Phi) is 5.77. The summed E-state index contributed by atoms with van der Waals surface area (Å²) in [5.74, 6) is 0.926. The third kappa shape index (κ3) is 3.53. The molecule has 0 aliphatic rings. The summed E-state index contributed by atoms with van der Waals surface area (Å²) in [4.78, 5) is 11.2. The molecule has 0 saturated carbocycles. The zero-order valence-electron chi connectivity index (χ0n) is 10.5. The van der Waals surface area contributed by atoms with Gasteiger partial charge in [-0.3, -0.25) is 0 Å². The van der Waals surface area contributed by atoms with E-state index in [0.717, 1.165) is 0 Å². The number of hydrogen-bond donors (Lipinski definition) is 0. The van der Waals surface area contributed by atoms with Crippen molar-refractivity contribution in [1.82, 2.24) is 0 Å². The van der Waals surface area contributed by atoms with E-state index in [0.29, 0.717) is 28.3 Å². The fourth-order valence-corrected chi connectivity index (χ4v) is 1.77. The summed E-state index contributed by atoms with van der Waals surface area (Å²) in [7, 11) is 3.03. The minimum Gasteiger partial charge on any atom is -0.493 e. The van der Waals surface area contributed by atoms with Gasteiger partial charge in [-0.1, -0.05) is 0 Å². The number of carbonyl (C=O) groups excluding carboxylic acids is 1. The van der Waals surface area contributed by atoms with Crippen LogP contribution in [-0.4, -0.2) is 33.4 Å². The van der Waals surface area contributed by atoms with E-state index in [1.54, 1.807) is 19.1 Å². The van der Waals surface area contributed by atoms with E-state index in [2.05, 4.69) is 15.9 Å². The van der Waals surface area contributed by atoms with Crippen LogP contribution in [0.4, 0.5) is 0 Å². The lowest BCUT2D eigenvalue weighted by atomic mass is 10.3. The fraction of sp³-hybridized carbons (Fsp3) is 0.417. The molecule has 0 radical (unpaired) electrons. The van der Waals surface area contributed by atoms with Crippen LogP contribution in [0, 0.1) is 0 Å². The predicted molar refractivity (Wildman–Crippen MR) is 69.4 cm³/mol. The first-order valence-corrected chi connectivity index (χ1v) is 6.12. The normalized spacial score (nSPS) is 9.78. The largest absolute Gasteiger partial charge is 0.493 e. The second-order valence-electron chi connectivity index (χ2n) is 3.21. The van der Waals surface area contributed by atoms with Crippen LogP contribution < -0.4 is 14.2 Å². The Morgan fingerprint density at radius 1 is 1.22 bits per heavy atom. The SMILES string of the molecule is CCOC(=O)COc1c(Br)ccc(OC)c1OC. The molecule has 0 aliphatic carbocycles. The van der Waals surface area contributed by atoms with Crippen LogP contribution in [0.25, 0.3) is 0 Å². The molecule has 0 spiro atoms. The third-order valence-electron chi connectivity index (χ3n) is 2.09. The van der Waals surface area contributed by atoms with Crippen molar-refractivity contribution in [2.45, 2.75) is 6.92 Å². The van der Waals surface area contributed by atoms with E-state index in [-0.39, 0.29) is 6.61 Å². The third-order valence-corrected chi connectivity index (χ3v) is 2.72. The molecule has 0 bridgehead atoms. The minimum atomic E-state index is -0.436. The number of rotatable bonds is 6. The fourth-order valence-electron chi connectivity index (χ4n) is 1.34. The quantitative estimate of drug-likeness (QED) is 0.754. The molecule has 1 aromatic carbocycles. The molecule has 0 aliphatic heterocycles. The second-order valence-corrected chi connectivity index (χ2v) is 4.06. The molecule has 5 nitrogen and oxygen atoms in total. The summed E-state index contributed by atoms with van der Waals surface area (Å²) >= 11 is 3.33. The summed E-state index contributed by atoms with van der Waals surface area (Å²) in [6.07, 6.45) is 0. The van der Waals surface area contributed by atoms with Crippen molar-refractivity contribution in [3.05, 3.63) is 16.6 Å². The molecule has 0 aromatic heterocycles. The number of esters is 1. The van der Waals surface area contributed by atoms with Crippen molar-refractivity contribution in [2.24, 2.45) is 0 Å². The monoisotopic (exact) mass is 318 g/mol. The van der Waals surface area contributed by atoms with Gasteiger partial charge < -0.3 is 18.9 Å². The number of hydrogen-bond acceptors (Lipinski definition) is 5. The molecule has 0 heterocycles. The van der Waals surface area contributed by atoms with Gasteiger partial charge in [-0.15, -0.1) is 0 Å². The topological polar surface area (TPSA) is 54.0 Å². The van der Waals surface area contributed by atoms with Crippen LogP contribution in [0.15, 0.2) is 16.6 Å². The molecule has 18 heavy (non-hydrogen) atoms. The predicted octanol–water partition coefficient (Wildman–Crippen LogP) is 2.41. The Morgan fingerprint density at radius 2 is 1.94 bits per heavy atom. The molecule has 1 rings (SSSR count). The lowest BCUT2D eigenvalue weighted by molar-refractivity contribution is -0.145. The van der Waals surface area contributed by atoms with E-state index in [1.807, 2.05) is 0 Å². The number of methoxy groups -OCH3 is 2. The average molecular weight is 319 g/mol. The van der Waals surface area contributed by atoms with Gasteiger partial charge in [0, 0.05) is 0 Å². The van der Waals surface area contributed by atoms with Gasteiger partial charge in [-0.05, 0) is 35.0 Å². The lowest BCUT2D eigenvalue weighted by Gasteiger charge is -2.14. The number of carbonyl (C=O) groups is 1. The van der Waals surface area contributed by atoms with Crippen molar-refractivity contribution >= 4 is 21.9 Å². The molecule has 0 amide bonds. The summed E-state index contributed by atoms with van der Waals surface area (Å²) in [6.45, 7) is 1.87. The highest BCUT2D eigenvalue weighted by molar-refractivity contribution is 9.10. The summed E-state index contributed by atoms with van der Waals surface area (Å²) < 4.78 is 21.2. The van der Waals surface area contributed by atoms with Gasteiger partial charge in [0.25, 0.3) is 0 Å². The van der Waals surface area contributed by atoms with E-state index >= 15 is 0 Å². The maximum atomic E-state index is 11.2. The van der Waals surface area contributed by atoms with Gasteiger partial charge in [0.2, 0.25) is 5.75 Å².